The van der Waals surface area contributed by atoms with E-state index in [4.69, 9.17) is 4.74 Å². The minimum Gasteiger partial charge on any atom is -0.498 e. The van der Waals surface area contributed by atoms with Crippen LogP contribution in [0.5, 0.6) is 0 Å². The third kappa shape index (κ3) is 2.21. The molecule has 4 nitrogen and oxygen atoms in total. The van der Waals surface area contributed by atoms with Crippen LogP contribution in [0.1, 0.15) is 0 Å². The molecule has 0 unspecified atom stereocenters. The number of hydrogen-bond acceptors (Lipinski definition) is 3. The van der Waals surface area contributed by atoms with Crippen LogP contribution in [0.15, 0.2) is 0 Å². The Hall–Kier alpha value is -0.790. The lowest BCUT2D eigenvalue weighted by molar-refractivity contribution is 0.0443. The predicted molar refractivity (Wildman–Crippen MR) is 37.9 cm³/mol. The average molecular weight is 142 g/mol. The van der Waals surface area contributed by atoms with Crippen molar-refractivity contribution in [2.24, 2.45) is 0 Å². The van der Waals surface area contributed by atoms with Crippen molar-refractivity contribution < 1.29 is 4.74 Å². The highest BCUT2D eigenvalue weighted by Crippen LogP contribution is 1.94. The summed E-state index contributed by atoms with van der Waals surface area (Å²) >= 11 is 0. The van der Waals surface area contributed by atoms with Gasteiger partial charge in [0.15, 0.2) is 0 Å². The maximum atomic E-state index is 9.63. The number of rotatable bonds is 1. The molecule has 1 aliphatic heterocycles. The number of ether oxygens (including phenoxy) is 1. The summed E-state index contributed by atoms with van der Waals surface area (Å²) in [7, 11) is 0. The lowest BCUT2D eigenvalue weighted by atomic mass is 10.4. The summed E-state index contributed by atoms with van der Waals surface area (Å²) in [5.41, 5.74) is 0. The second kappa shape index (κ2) is 4.09. The highest BCUT2D eigenvalue weighted by atomic mass is 16.5. The molecule has 1 rings (SSSR count). The van der Waals surface area contributed by atoms with E-state index in [0.717, 1.165) is 26.3 Å². The molecule has 0 aromatic carbocycles. The molecular weight excluding hydrogens is 132 g/mol. The van der Waals surface area contributed by atoms with Gasteiger partial charge in [-0.2, -0.15) is 0 Å². The third-order valence-corrected chi connectivity index (χ3v) is 1.46. The van der Waals surface area contributed by atoms with Crippen LogP contribution < -0.4 is 0 Å². The Morgan fingerprint density at radius 3 is 2.80 bits per heavy atom. The second-order valence-corrected chi connectivity index (χ2v) is 2.14. The molecule has 1 heterocycles. The Morgan fingerprint density at radius 1 is 1.50 bits per heavy atom. The molecule has 1 fully saturated rings. The van der Waals surface area contributed by atoms with Crippen LogP contribution >= 0.6 is 0 Å². The molecule has 4 heteroatoms. The van der Waals surface area contributed by atoms with Gasteiger partial charge in [-0.15, -0.1) is 0 Å². The van der Waals surface area contributed by atoms with Gasteiger partial charge in [0.05, 0.1) is 13.2 Å². The quantitative estimate of drug-likeness (QED) is 0.386. The molecule has 56 valence electrons. The van der Waals surface area contributed by atoms with Gasteiger partial charge in [-0.3, -0.25) is 4.90 Å². The monoisotopic (exact) mass is 142 g/mol. The molecule has 10 heavy (non-hydrogen) atoms. The first-order valence-electron chi connectivity index (χ1n) is 3.29. The van der Waals surface area contributed by atoms with Crippen LogP contribution in [0.25, 0.3) is 5.01 Å². The van der Waals surface area contributed by atoms with Gasteiger partial charge >= 0.3 is 6.07 Å². The van der Waals surface area contributed by atoms with E-state index in [-0.39, 0.29) is 0 Å². The SMILES string of the molecule is [O-][N+]#CCN1CCOCC1. The molecule has 0 aromatic rings. The van der Waals surface area contributed by atoms with Crippen molar-refractivity contribution in [2.45, 2.75) is 0 Å². The molecule has 0 spiro atoms. The fourth-order valence-electron chi connectivity index (χ4n) is 0.888. The molecule has 1 saturated heterocycles. The Kier molecular flexibility index (Phi) is 3.00. The molecule has 0 radical (unpaired) electrons. The van der Waals surface area contributed by atoms with Gasteiger partial charge in [0.1, 0.15) is 6.54 Å². The van der Waals surface area contributed by atoms with Gasteiger partial charge in [0.2, 0.25) is 0 Å². The zero-order valence-corrected chi connectivity index (χ0v) is 5.75. The predicted octanol–water partition coefficient (Wildman–Crippen LogP) is 0.149. The minimum absolute atomic E-state index is 0.535. The smallest absolute Gasteiger partial charge is 0.314 e. The van der Waals surface area contributed by atoms with E-state index >= 15 is 0 Å². The van der Waals surface area contributed by atoms with Gasteiger partial charge in [0, 0.05) is 18.1 Å². The summed E-state index contributed by atoms with van der Waals surface area (Å²) < 4.78 is 5.10. The standard InChI is InChI=1S/C6H10N2O2/c9-7-1-2-8-3-5-10-6-4-8/h2-6H2. The summed E-state index contributed by atoms with van der Waals surface area (Å²) in [4.78, 5) is 2.07. The van der Waals surface area contributed by atoms with Gasteiger partial charge in [-0.25, -0.2) is 0 Å². The summed E-state index contributed by atoms with van der Waals surface area (Å²) in [6.07, 6.45) is 0. The maximum Gasteiger partial charge on any atom is 0.314 e. The van der Waals surface area contributed by atoms with E-state index in [1.165, 1.54) is 0 Å². The molecule has 0 N–H and O–H groups in total. The minimum atomic E-state index is 0.535. The topological polar surface area (TPSA) is 39.9 Å². The number of morpholine rings is 1. The number of nitrogens with zero attached hydrogens (tertiary/aromatic N) is 2. The molecule has 0 amide bonds. The van der Waals surface area contributed by atoms with E-state index in [0.29, 0.717) is 6.54 Å². The molecule has 0 bridgehead atoms. The summed E-state index contributed by atoms with van der Waals surface area (Å²) in [6.45, 7) is 3.79. The van der Waals surface area contributed by atoms with Crippen LogP contribution in [-0.4, -0.2) is 37.7 Å². The normalized spacial score (nSPS) is 19.6. The summed E-state index contributed by atoms with van der Waals surface area (Å²) in [5.74, 6) is 0. The molecule has 0 aromatic heterocycles. The highest BCUT2D eigenvalue weighted by Gasteiger charge is 2.09. The van der Waals surface area contributed by atoms with Crippen LogP contribution in [0.2, 0.25) is 0 Å². The Balaban J connectivity index is 2.17. The first kappa shape index (κ1) is 7.32. The van der Waals surface area contributed by atoms with Gasteiger partial charge in [-0.1, -0.05) is 0 Å². The van der Waals surface area contributed by atoms with Crippen LogP contribution in [0.3, 0.4) is 0 Å². The zero-order valence-electron chi connectivity index (χ0n) is 5.75. The van der Waals surface area contributed by atoms with Crippen molar-refractivity contribution in [3.63, 3.8) is 0 Å². The first-order valence-corrected chi connectivity index (χ1v) is 3.29. The Morgan fingerprint density at radius 2 is 2.20 bits per heavy atom. The zero-order chi connectivity index (χ0) is 7.23. The van der Waals surface area contributed by atoms with Crippen LogP contribution in [0, 0.1) is 11.3 Å². The van der Waals surface area contributed by atoms with E-state index in [1.807, 2.05) is 0 Å². The van der Waals surface area contributed by atoms with Crippen molar-refractivity contribution in [1.82, 2.24) is 4.90 Å². The van der Waals surface area contributed by atoms with Crippen molar-refractivity contribution in [3.8, 4) is 6.07 Å². The van der Waals surface area contributed by atoms with E-state index in [9.17, 15) is 5.21 Å². The average Bonchev–Trinajstić information content (AvgIpc) is 2.03. The molecular formula is C6H10N2O2. The fourth-order valence-corrected chi connectivity index (χ4v) is 0.888. The molecule has 0 saturated carbocycles. The largest absolute Gasteiger partial charge is 0.498 e. The lowest BCUT2D eigenvalue weighted by Crippen LogP contribution is -2.36. The van der Waals surface area contributed by atoms with Gasteiger partial charge < -0.3 is 9.94 Å². The van der Waals surface area contributed by atoms with Gasteiger partial charge in [0.25, 0.3) is 0 Å². The van der Waals surface area contributed by atoms with Crippen LogP contribution in [0.4, 0.5) is 0 Å². The molecule has 1 aliphatic rings. The summed E-state index contributed by atoms with van der Waals surface area (Å²) in [5, 5.41) is 12.2. The molecule has 0 aliphatic carbocycles. The van der Waals surface area contributed by atoms with Crippen LogP contribution in [-0.2, 0) is 4.74 Å². The Labute approximate surface area is 59.8 Å². The fraction of sp³-hybridized carbons (Fsp3) is 0.833. The van der Waals surface area contributed by atoms with E-state index < -0.39 is 0 Å². The Bertz CT molecular complexity index is 144. The van der Waals surface area contributed by atoms with Gasteiger partial charge in [-0.05, 0) is 0 Å². The second-order valence-electron chi connectivity index (χ2n) is 2.14. The van der Waals surface area contributed by atoms with Crippen molar-refractivity contribution >= 4 is 0 Å². The maximum absolute atomic E-state index is 9.63. The van der Waals surface area contributed by atoms with Crippen molar-refractivity contribution in [3.05, 3.63) is 10.2 Å². The van der Waals surface area contributed by atoms with E-state index in [1.54, 1.807) is 0 Å². The summed E-state index contributed by atoms with van der Waals surface area (Å²) in [6, 6.07) is 2.36. The molecule has 0 atom stereocenters. The highest BCUT2D eigenvalue weighted by molar-refractivity contribution is 4.90. The lowest BCUT2D eigenvalue weighted by Gasteiger charge is -2.22. The van der Waals surface area contributed by atoms with Crippen molar-refractivity contribution in [2.75, 3.05) is 32.8 Å². The first-order chi connectivity index (χ1) is 4.93. The number of hydrogen-bond donors (Lipinski definition) is 0. The van der Waals surface area contributed by atoms with E-state index in [2.05, 4.69) is 16.0 Å². The third-order valence-electron chi connectivity index (χ3n) is 1.46. The van der Waals surface area contributed by atoms with Crippen molar-refractivity contribution in [1.29, 1.82) is 0 Å².